The molecule has 5 unspecified atom stereocenters. The first-order valence-electron chi connectivity index (χ1n) is 8.34. The zero-order chi connectivity index (χ0) is 16.2. The number of likely N-dealkylation sites (tertiary alicyclic amines) is 1. The van der Waals surface area contributed by atoms with Crippen LogP contribution in [0.3, 0.4) is 0 Å². The SMILES string of the molecule is CCNC(C)(CC(C)N1CC(C)CC(C)C1C)C(=O)OC. The van der Waals surface area contributed by atoms with Gasteiger partial charge in [-0.2, -0.15) is 0 Å². The first-order valence-corrected chi connectivity index (χ1v) is 8.34. The van der Waals surface area contributed by atoms with E-state index in [1.807, 2.05) is 13.8 Å². The molecule has 0 aromatic rings. The van der Waals surface area contributed by atoms with Gasteiger partial charge in [0.15, 0.2) is 0 Å². The third-order valence-corrected chi connectivity index (χ3v) is 5.12. The molecule has 0 bridgehead atoms. The maximum atomic E-state index is 12.1. The summed E-state index contributed by atoms with van der Waals surface area (Å²) in [5, 5.41) is 3.32. The third kappa shape index (κ3) is 4.43. The van der Waals surface area contributed by atoms with Crippen molar-refractivity contribution in [3.63, 3.8) is 0 Å². The van der Waals surface area contributed by atoms with Crippen LogP contribution in [0.1, 0.15) is 54.4 Å². The summed E-state index contributed by atoms with van der Waals surface area (Å²) >= 11 is 0. The van der Waals surface area contributed by atoms with Gasteiger partial charge in [-0.3, -0.25) is 9.69 Å². The van der Waals surface area contributed by atoms with Crippen molar-refractivity contribution < 1.29 is 9.53 Å². The van der Waals surface area contributed by atoms with E-state index in [-0.39, 0.29) is 5.97 Å². The molecule has 0 aliphatic carbocycles. The summed E-state index contributed by atoms with van der Waals surface area (Å²) < 4.78 is 5.01. The second kappa shape index (κ2) is 7.59. The standard InChI is InChI=1S/C17H34N2O2/c1-8-18-17(6,16(20)21-7)10-14(4)19-11-12(2)9-13(3)15(19)5/h12-15,18H,8-11H2,1-7H3. The van der Waals surface area contributed by atoms with Crippen LogP contribution in [0.15, 0.2) is 0 Å². The van der Waals surface area contributed by atoms with Crippen LogP contribution in [0.5, 0.6) is 0 Å². The molecule has 4 nitrogen and oxygen atoms in total. The number of hydrogen-bond donors (Lipinski definition) is 1. The Labute approximate surface area is 130 Å². The van der Waals surface area contributed by atoms with Gasteiger partial charge in [0.1, 0.15) is 5.54 Å². The summed E-state index contributed by atoms with van der Waals surface area (Å²) in [5.74, 6) is 1.27. The van der Waals surface area contributed by atoms with E-state index < -0.39 is 5.54 Å². The first kappa shape index (κ1) is 18.4. The van der Waals surface area contributed by atoms with E-state index in [2.05, 4.69) is 37.9 Å². The molecule has 5 atom stereocenters. The number of methoxy groups -OCH3 is 1. The van der Waals surface area contributed by atoms with Crippen molar-refractivity contribution in [2.24, 2.45) is 11.8 Å². The van der Waals surface area contributed by atoms with Crippen LogP contribution in [-0.2, 0) is 9.53 Å². The van der Waals surface area contributed by atoms with Crippen molar-refractivity contribution in [2.45, 2.75) is 72.0 Å². The normalized spacial score (nSPS) is 31.5. The zero-order valence-corrected chi connectivity index (χ0v) is 14.9. The highest BCUT2D eigenvalue weighted by molar-refractivity contribution is 5.80. The second-order valence-electron chi connectivity index (χ2n) is 7.16. The van der Waals surface area contributed by atoms with E-state index in [9.17, 15) is 4.79 Å². The number of nitrogens with zero attached hydrogens (tertiary/aromatic N) is 1. The number of esters is 1. The maximum Gasteiger partial charge on any atom is 0.325 e. The molecule has 1 heterocycles. The number of hydrogen-bond acceptors (Lipinski definition) is 4. The smallest absolute Gasteiger partial charge is 0.325 e. The number of nitrogens with one attached hydrogen (secondary N) is 1. The highest BCUT2D eigenvalue weighted by Crippen LogP contribution is 2.30. The van der Waals surface area contributed by atoms with Crippen molar-refractivity contribution in [1.29, 1.82) is 0 Å². The van der Waals surface area contributed by atoms with Crippen LogP contribution in [0, 0.1) is 11.8 Å². The number of carbonyl (C=O) groups excluding carboxylic acids is 1. The van der Waals surface area contributed by atoms with Crippen molar-refractivity contribution in [1.82, 2.24) is 10.2 Å². The van der Waals surface area contributed by atoms with Gasteiger partial charge in [-0.05, 0) is 52.0 Å². The van der Waals surface area contributed by atoms with Crippen LogP contribution in [0.25, 0.3) is 0 Å². The average molecular weight is 298 g/mol. The average Bonchev–Trinajstić information content (AvgIpc) is 2.41. The number of rotatable bonds is 6. The van der Waals surface area contributed by atoms with Crippen molar-refractivity contribution in [2.75, 3.05) is 20.2 Å². The lowest BCUT2D eigenvalue weighted by Gasteiger charge is -2.46. The molecule has 0 amide bonds. The largest absolute Gasteiger partial charge is 0.468 e. The lowest BCUT2D eigenvalue weighted by Crippen LogP contribution is -2.57. The lowest BCUT2D eigenvalue weighted by atomic mass is 9.83. The molecule has 1 rings (SSSR count). The molecular weight excluding hydrogens is 264 g/mol. The Hall–Kier alpha value is -0.610. The van der Waals surface area contributed by atoms with Crippen molar-refractivity contribution >= 4 is 5.97 Å². The fraction of sp³-hybridized carbons (Fsp3) is 0.941. The van der Waals surface area contributed by atoms with Gasteiger partial charge in [-0.15, -0.1) is 0 Å². The van der Waals surface area contributed by atoms with Gasteiger partial charge >= 0.3 is 5.97 Å². The van der Waals surface area contributed by atoms with Crippen LogP contribution in [-0.4, -0.2) is 48.7 Å². The van der Waals surface area contributed by atoms with E-state index in [1.54, 1.807) is 0 Å². The van der Waals surface area contributed by atoms with E-state index in [0.717, 1.165) is 25.4 Å². The molecule has 4 heteroatoms. The predicted molar refractivity (Wildman–Crippen MR) is 87.3 cm³/mol. The van der Waals surface area contributed by atoms with E-state index in [4.69, 9.17) is 4.74 Å². The predicted octanol–water partition coefficient (Wildman–Crippen LogP) is 2.67. The van der Waals surface area contributed by atoms with Crippen LogP contribution < -0.4 is 5.32 Å². The first-order chi connectivity index (χ1) is 9.75. The lowest BCUT2D eigenvalue weighted by molar-refractivity contribution is -0.149. The molecule has 124 valence electrons. The van der Waals surface area contributed by atoms with Gasteiger partial charge in [-0.1, -0.05) is 20.8 Å². The van der Waals surface area contributed by atoms with Gasteiger partial charge in [-0.25, -0.2) is 0 Å². The van der Waals surface area contributed by atoms with Crippen LogP contribution in [0.4, 0.5) is 0 Å². The molecule has 0 aromatic carbocycles. The van der Waals surface area contributed by atoms with Gasteiger partial charge < -0.3 is 10.1 Å². The summed E-state index contributed by atoms with van der Waals surface area (Å²) in [6.07, 6.45) is 2.07. The number of likely N-dealkylation sites (N-methyl/N-ethyl adjacent to an activating group) is 1. The number of ether oxygens (including phenoxy) is 1. The summed E-state index contributed by atoms with van der Waals surface area (Å²) in [7, 11) is 1.47. The van der Waals surface area contributed by atoms with E-state index in [0.29, 0.717) is 18.0 Å². The highest BCUT2D eigenvalue weighted by Gasteiger charge is 2.39. The van der Waals surface area contributed by atoms with Crippen molar-refractivity contribution in [3.05, 3.63) is 0 Å². The molecule has 1 saturated heterocycles. The molecule has 1 aliphatic rings. The Bertz CT molecular complexity index is 348. The molecule has 1 N–H and O–H groups in total. The molecule has 1 fully saturated rings. The molecule has 21 heavy (non-hydrogen) atoms. The summed E-state index contributed by atoms with van der Waals surface area (Å²) in [6, 6.07) is 0.924. The Morgan fingerprint density at radius 3 is 2.57 bits per heavy atom. The second-order valence-corrected chi connectivity index (χ2v) is 7.16. The Balaban J connectivity index is 2.81. The number of carbonyl (C=O) groups is 1. The van der Waals surface area contributed by atoms with Gasteiger partial charge in [0.05, 0.1) is 7.11 Å². The fourth-order valence-electron chi connectivity index (χ4n) is 3.89. The molecular formula is C17H34N2O2. The third-order valence-electron chi connectivity index (χ3n) is 5.12. The Morgan fingerprint density at radius 1 is 1.43 bits per heavy atom. The molecule has 0 spiro atoms. The monoisotopic (exact) mass is 298 g/mol. The molecule has 0 aromatic heterocycles. The van der Waals surface area contributed by atoms with Gasteiger partial charge in [0, 0.05) is 18.6 Å². The van der Waals surface area contributed by atoms with Gasteiger partial charge in [0.25, 0.3) is 0 Å². The van der Waals surface area contributed by atoms with Crippen LogP contribution >= 0.6 is 0 Å². The number of piperidine rings is 1. The molecule has 0 radical (unpaired) electrons. The minimum atomic E-state index is -0.605. The maximum absolute atomic E-state index is 12.1. The molecule has 0 saturated carbocycles. The summed E-state index contributed by atoms with van der Waals surface area (Å²) in [6.45, 7) is 15.1. The fourth-order valence-corrected chi connectivity index (χ4v) is 3.89. The summed E-state index contributed by atoms with van der Waals surface area (Å²) in [4.78, 5) is 14.7. The Morgan fingerprint density at radius 2 is 2.05 bits per heavy atom. The highest BCUT2D eigenvalue weighted by atomic mass is 16.5. The topological polar surface area (TPSA) is 41.6 Å². The van der Waals surface area contributed by atoms with Crippen LogP contribution in [0.2, 0.25) is 0 Å². The van der Waals surface area contributed by atoms with E-state index >= 15 is 0 Å². The summed E-state index contributed by atoms with van der Waals surface area (Å²) in [5.41, 5.74) is -0.605. The Kier molecular flexibility index (Phi) is 6.67. The minimum absolute atomic E-state index is 0.165. The van der Waals surface area contributed by atoms with Crippen molar-refractivity contribution in [3.8, 4) is 0 Å². The zero-order valence-electron chi connectivity index (χ0n) is 14.9. The van der Waals surface area contributed by atoms with E-state index in [1.165, 1.54) is 13.5 Å². The quantitative estimate of drug-likeness (QED) is 0.766. The molecule has 1 aliphatic heterocycles. The minimum Gasteiger partial charge on any atom is -0.468 e. The van der Waals surface area contributed by atoms with Gasteiger partial charge in [0.2, 0.25) is 0 Å².